The van der Waals surface area contributed by atoms with E-state index in [2.05, 4.69) is 0 Å². The number of anilines is 2. The minimum absolute atomic E-state index is 0.244. The van der Waals surface area contributed by atoms with Crippen molar-refractivity contribution in [2.24, 2.45) is 0 Å². The van der Waals surface area contributed by atoms with Gasteiger partial charge in [0.1, 0.15) is 11.9 Å². The average molecular weight is 335 g/mol. The zero-order valence-corrected chi connectivity index (χ0v) is 12.6. The third-order valence-electron chi connectivity index (χ3n) is 3.20. The topological polar surface area (TPSA) is 61.2 Å². The third-order valence-corrected chi connectivity index (χ3v) is 5.12. The van der Waals surface area contributed by atoms with Crippen LogP contribution in [0.25, 0.3) is 0 Å². The number of rotatable bonds is 1. The van der Waals surface area contributed by atoms with E-state index in [1.807, 2.05) is 0 Å². The maximum absolute atomic E-state index is 13.5. The van der Waals surface area contributed by atoms with Crippen LogP contribution in [0.3, 0.4) is 0 Å². The van der Waals surface area contributed by atoms with Crippen LogP contribution >= 0.6 is 11.6 Å². The summed E-state index contributed by atoms with van der Waals surface area (Å²) < 4.78 is 38.1. The molecule has 1 heterocycles. The Morgan fingerprint density at radius 3 is 2.64 bits per heavy atom. The molecule has 1 aliphatic rings. The molecule has 4 nitrogen and oxygen atoms in total. The molecule has 0 unspecified atom stereocenters. The normalized spacial score (nSPS) is 15.7. The highest BCUT2D eigenvalue weighted by Crippen LogP contribution is 2.40. The van der Waals surface area contributed by atoms with E-state index in [1.54, 1.807) is 30.3 Å². The van der Waals surface area contributed by atoms with Gasteiger partial charge >= 0.3 is 0 Å². The highest BCUT2D eigenvalue weighted by atomic mass is 35.5. The van der Waals surface area contributed by atoms with Crippen molar-refractivity contribution in [2.45, 2.75) is 4.90 Å². The molecule has 0 atom stereocenters. The number of halogens is 2. The molecule has 2 aromatic carbocycles. The summed E-state index contributed by atoms with van der Waals surface area (Å²) in [6.07, 6.45) is 1.21. The molecular formula is C15H8ClFN2O2S. The second kappa shape index (κ2) is 5.13. The Morgan fingerprint density at radius 2 is 1.95 bits per heavy atom. The van der Waals surface area contributed by atoms with E-state index >= 15 is 0 Å². The van der Waals surface area contributed by atoms with Crippen LogP contribution < -0.4 is 4.90 Å². The Kier molecular flexibility index (Phi) is 3.39. The van der Waals surface area contributed by atoms with Crippen LogP contribution in [0.5, 0.6) is 0 Å². The molecule has 7 heteroatoms. The first-order valence-electron chi connectivity index (χ1n) is 6.15. The SMILES string of the molecule is N#CC1=CN(c2cccc(Cl)c2)c2ccc(F)cc2S1(=O)=O. The molecule has 0 saturated heterocycles. The molecule has 0 aliphatic carbocycles. The van der Waals surface area contributed by atoms with Gasteiger partial charge in [0.25, 0.3) is 0 Å². The highest BCUT2D eigenvalue weighted by molar-refractivity contribution is 7.95. The second-order valence-corrected chi connectivity index (χ2v) is 6.89. The first kappa shape index (κ1) is 14.6. The molecule has 0 amide bonds. The molecule has 0 fully saturated rings. The van der Waals surface area contributed by atoms with E-state index in [0.29, 0.717) is 10.7 Å². The molecule has 2 aromatic rings. The van der Waals surface area contributed by atoms with E-state index in [0.717, 1.165) is 12.1 Å². The molecule has 22 heavy (non-hydrogen) atoms. The number of sulfone groups is 1. The number of fused-ring (bicyclic) bond motifs is 1. The van der Waals surface area contributed by atoms with E-state index in [9.17, 15) is 12.8 Å². The van der Waals surface area contributed by atoms with Crippen LogP contribution in [0.1, 0.15) is 0 Å². The molecule has 0 aromatic heterocycles. The largest absolute Gasteiger partial charge is 0.314 e. The Bertz CT molecular complexity index is 948. The fourth-order valence-electron chi connectivity index (χ4n) is 2.21. The van der Waals surface area contributed by atoms with Gasteiger partial charge in [-0.15, -0.1) is 0 Å². The van der Waals surface area contributed by atoms with Crippen molar-refractivity contribution in [3.05, 3.63) is 64.4 Å². The lowest BCUT2D eigenvalue weighted by atomic mass is 10.2. The van der Waals surface area contributed by atoms with Crippen molar-refractivity contribution >= 4 is 32.8 Å². The average Bonchev–Trinajstić information content (AvgIpc) is 2.48. The summed E-state index contributed by atoms with van der Waals surface area (Å²) in [4.78, 5) is 0.803. The Labute approximate surface area is 131 Å². The lowest BCUT2D eigenvalue weighted by Gasteiger charge is -2.27. The maximum atomic E-state index is 13.5. The second-order valence-electron chi connectivity index (χ2n) is 4.57. The van der Waals surface area contributed by atoms with Crippen molar-refractivity contribution in [3.63, 3.8) is 0 Å². The predicted octanol–water partition coefficient (Wildman–Crippen LogP) is 3.77. The van der Waals surface area contributed by atoms with Gasteiger partial charge in [-0.3, -0.25) is 0 Å². The third kappa shape index (κ3) is 2.25. The predicted molar refractivity (Wildman–Crippen MR) is 80.9 cm³/mol. The standard InChI is InChI=1S/C15H8ClFN2O2S/c16-10-2-1-3-12(6-10)19-9-13(8-18)22(20,21)15-7-11(17)4-5-14(15)19/h1-7,9H. The van der Waals surface area contributed by atoms with E-state index in [4.69, 9.17) is 16.9 Å². The molecule has 0 bridgehead atoms. The first-order chi connectivity index (χ1) is 10.4. The van der Waals surface area contributed by atoms with Crippen molar-refractivity contribution in [1.29, 1.82) is 5.26 Å². The zero-order valence-electron chi connectivity index (χ0n) is 11.0. The molecule has 1 aliphatic heterocycles. The van der Waals surface area contributed by atoms with Gasteiger partial charge in [0.15, 0.2) is 4.91 Å². The van der Waals surface area contributed by atoms with E-state index < -0.39 is 20.6 Å². The smallest absolute Gasteiger partial charge is 0.220 e. The van der Waals surface area contributed by atoms with Gasteiger partial charge in [0, 0.05) is 16.9 Å². The van der Waals surface area contributed by atoms with Crippen LogP contribution in [-0.4, -0.2) is 8.42 Å². The lowest BCUT2D eigenvalue weighted by Crippen LogP contribution is -2.21. The number of benzene rings is 2. The molecule has 0 spiro atoms. The Balaban J connectivity index is 2.31. The molecule has 0 radical (unpaired) electrons. The van der Waals surface area contributed by atoms with Gasteiger partial charge in [0.05, 0.1) is 10.6 Å². The number of hydrogen-bond acceptors (Lipinski definition) is 4. The van der Waals surface area contributed by atoms with Crippen molar-refractivity contribution in [1.82, 2.24) is 0 Å². The van der Waals surface area contributed by atoms with Crippen LogP contribution in [-0.2, 0) is 9.84 Å². The van der Waals surface area contributed by atoms with Crippen molar-refractivity contribution in [3.8, 4) is 6.07 Å². The molecular weight excluding hydrogens is 327 g/mol. The Morgan fingerprint density at radius 1 is 1.18 bits per heavy atom. The zero-order chi connectivity index (χ0) is 15.9. The van der Waals surface area contributed by atoms with Gasteiger partial charge < -0.3 is 4.90 Å². The summed E-state index contributed by atoms with van der Waals surface area (Å²) in [5.74, 6) is -0.687. The van der Waals surface area contributed by atoms with E-state index in [-0.39, 0.29) is 10.6 Å². The molecule has 3 rings (SSSR count). The number of nitrogens with zero attached hydrogens (tertiary/aromatic N) is 2. The molecule has 0 saturated carbocycles. The minimum Gasteiger partial charge on any atom is -0.314 e. The lowest BCUT2D eigenvalue weighted by molar-refractivity contribution is 0.596. The highest BCUT2D eigenvalue weighted by Gasteiger charge is 2.32. The minimum atomic E-state index is -4.02. The van der Waals surface area contributed by atoms with Crippen molar-refractivity contribution in [2.75, 3.05) is 4.90 Å². The van der Waals surface area contributed by atoms with Gasteiger partial charge in [-0.1, -0.05) is 17.7 Å². The first-order valence-corrected chi connectivity index (χ1v) is 8.01. The fourth-order valence-corrected chi connectivity index (χ4v) is 3.70. The number of allylic oxidation sites excluding steroid dienone is 1. The van der Waals surface area contributed by atoms with Crippen molar-refractivity contribution < 1.29 is 12.8 Å². The fraction of sp³-hybridized carbons (Fsp3) is 0. The summed E-state index contributed by atoms with van der Waals surface area (Å²) in [7, 11) is -4.02. The van der Waals surface area contributed by atoms with E-state index in [1.165, 1.54) is 17.2 Å². The van der Waals surface area contributed by atoms with Crippen LogP contribution in [0.4, 0.5) is 15.8 Å². The van der Waals surface area contributed by atoms with Gasteiger partial charge in [-0.05, 0) is 36.4 Å². The summed E-state index contributed by atoms with van der Waals surface area (Å²) in [5, 5.41) is 9.56. The summed E-state index contributed by atoms with van der Waals surface area (Å²) >= 11 is 5.95. The quantitative estimate of drug-likeness (QED) is 0.796. The van der Waals surface area contributed by atoms with Gasteiger partial charge in [-0.2, -0.15) is 5.26 Å². The number of hydrogen-bond donors (Lipinski definition) is 0. The maximum Gasteiger partial charge on any atom is 0.220 e. The number of nitriles is 1. The van der Waals surface area contributed by atoms with Gasteiger partial charge in [0.2, 0.25) is 9.84 Å². The monoisotopic (exact) mass is 334 g/mol. The molecule has 110 valence electrons. The molecule has 0 N–H and O–H groups in total. The van der Waals surface area contributed by atoms with Gasteiger partial charge in [-0.25, -0.2) is 12.8 Å². The summed E-state index contributed by atoms with van der Waals surface area (Å²) in [6, 6.07) is 11.8. The van der Waals surface area contributed by atoms with Crippen LogP contribution in [0, 0.1) is 17.1 Å². The summed E-state index contributed by atoms with van der Waals surface area (Å²) in [6.45, 7) is 0. The van der Waals surface area contributed by atoms with Crippen LogP contribution in [0.15, 0.2) is 58.5 Å². The Hall–Kier alpha value is -2.36. The van der Waals surface area contributed by atoms with Crippen LogP contribution in [0.2, 0.25) is 5.02 Å². The summed E-state index contributed by atoms with van der Waals surface area (Å²) in [5.41, 5.74) is 0.839.